The van der Waals surface area contributed by atoms with E-state index in [1.807, 2.05) is 0 Å². The van der Waals surface area contributed by atoms with Gasteiger partial charge in [0.1, 0.15) is 0 Å². The van der Waals surface area contributed by atoms with Crippen LogP contribution in [0.5, 0.6) is 5.88 Å². The number of aryl methyl sites for hydroxylation is 1. The second-order valence-electron chi connectivity index (χ2n) is 2.93. The molecule has 0 spiro atoms. The molecule has 16 heavy (non-hydrogen) atoms. The van der Waals surface area contributed by atoms with Crippen LogP contribution in [0.4, 0.5) is 0 Å². The van der Waals surface area contributed by atoms with Crippen LogP contribution < -0.4 is 4.57 Å². The number of carbonyl (C=O) groups excluding carboxylic acids is 2. The summed E-state index contributed by atoms with van der Waals surface area (Å²) in [6, 6.07) is 0. The largest absolute Gasteiger partial charge is 0.464 e. The zero-order chi connectivity index (χ0) is 12.3. The van der Waals surface area contributed by atoms with Crippen LogP contribution in [0.15, 0.2) is 4.42 Å². The van der Waals surface area contributed by atoms with E-state index >= 15 is 0 Å². The summed E-state index contributed by atoms with van der Waals surface area (Å²) in [5.74, 6) is -1.99. The van der Waals surface area contributed by atoms with Crippen LogP contribution in [0.2, 0.25) is 0 Å². The molecule has 1 aromatic rings. The molecule has 0 radical (unpaired) electrons. The van der Waals surface area contributed by atoms with Gasteiger partial charge >= 0.3 is 29.5 Å². The molecule has 0 saturated carbocycles. The van der Waals surface area contributed by atoms with Crippen molar-refractivity contribution in [3.05, 3.63) is 11.7 Å². The number of aromatic nitrogens is 1. The Kier molecular flexibility index (Phi) is 3.49. The molecule has 1 N–H and O–H groups in total. The van der Waals surface area contributed by atoms with Gasteiger partial charge in [-0.1, -0.05) is 0 Å². The summed E-state index contributed by atoms with van der Waals surface area (Å²) >= 11 is 0. The van der Waals surface area contributed by atoms with Gasteiger partial charge in [-0.3, -0.25) is 0 Å². The monoisotopic (exact) mass is 230 g/mol. The fourth-order valence-corrected chi connectivity index (χ4v) is 1.13. The molecule has 0 aliphatic rings. The molecule has 0 aliphatic heterocycles. The molecule has 0 bridgehead atoms. The van der Waals surface area contributed by atoms with Crippen LogP contribution in [-0.2, 0) is 20.8 Å². The van der Waals surface area contributed by atoms with E-state index in [2.05, 4.69) is 9.47 Å². The summed E-state index contributed by atoms with van der Waals surface area (Å²) in [6.07, 6.45) is 0. The van der Waals surface area contributed by atoms with E-state index in [1.54, 1.807) is 0 Å². The van der Waals surface area contributed by atoms with Crippen molar-refractivity contribution in [2.45, 2.75) is 13.5 Å². The fraction of sp³-hybridized carbons (Fsp3) is 0.444. The second-order valence-corrected chi connectivity index (χ2v) is 2.93. The van der Waals surface area contributed by atoms with Gasteiger partial charge in [0, 0.05) is 0 Å². The van der Waals surface area contributed by atoms with Crippen molar-refractivity contribution in [1.29, 1.82) is 0 Å². The minimum absolute atomic E-state index is 0.198. The molecule has 7 nitrogen and oxygen atoms in total. The van der Waals surface area contributed by atoms with Gasteiger partial charge in [0.05, 0.1) is 21.1 Å². The molecular formula is C9H12NO6+. The minimum atomic E-state index is -0.816. The van der Waals surface area contributed by atoms with Crippen LogP contribution in [0.1, 0.15) is 16.4 Å². The summed E-state index contributed by atoms with van der Waals surface area (Å²) in [6.45, 7) is 1.25. The average Bonchev–Trinajstić information content (AvgIpc) is 2.55. The van der Waals surface area contributed by atoms with Gasteiger partial charge in [-0.05, 0) is 0 Å². The third-order valence-electron chi connectivity index (χ3n) is 1.97. The normalized spacial score (nSPS) is 9.94. The third kappa shape index (κ3) is 2.13. The highest BCUT2D eigenvalue weighted by Crippen LogP contribution is 2.15. The number of oxazole rings is 1. The van der Waals surface area contributed by atoms with E-state index in [9.17, 15) is 14.7 Å². The molecule has 1 heterocycles. The van der Waals surface area contributed by atoms with E-state index in [4.69, 9.17) is 4.42 Å². The Labute approximate surface area is 91.2 Å². The second kappa shape index (κ2) is 4.65. The van der Waals surface area contributed by atoms with Gasteiger partial charge in [0.2, 0.25) is 0 Å². The highest BCUT2D eigenvalue weighted by atomic mass is 16.5. The molecular weight excluding hydrogens is 218 g/mol. The Morgan fingerprint density at radius 1 is 1.38 bits per heavy atom. The van der Waals surface area contributed by atoms with Crippen LogP contribution in [-0.4, -0.2) is 31.3 Å². The Bertz CT molecular complexity index is 422. The van der Waals surface area contributed by atoms with Crippen molar-refractivity contribution in [2.24, 2.45) is 0 Å². The fourth-order valence-electron chi connectivity index (χ4n) is 1.13. The van der Waals surface area contributed by atoms with Crippen LogP contribution >= 0.6 is 0 Å². The zero-order valence-corrected chi connectivity index (χ0v) is 9.14. The van der Waals surface area contributed by atoms with Gasteiger partial charge in [-0.2, -0.15) is 0 Å². The highest BCUT2D eigenvalue weighted by Gasteiger charge is 2.32. The van der Waals surface area contributed by atoms with E-state index in [0.29, 0.717) is 0 Å². The highest BCUT2D eigenvalue weighted by molar-refractivity contribution is 5.87. The number of esters is 2. The minimum Gasteiger partial charge on any atom is -0.464 e. The number of hydrogen-bond donors (Lipinski definition) is 1. The lowest BCUT2D eigenvalue weighted by Gasteiger charge is -1.93. The summed E-state index contributed by atoms with van der Waals surface area (Å²) in [7, 11) is 2.38. The summed E-state index contributed by atoms with van der Waals surface area (Å²) < 4.78 is 14.9. The quantitative estimate of drug-likeness (QED) is 0.558. The van der Waals surface area contributed by atoms with Gasteiger partial charge < -0.3 is 19.0 Å². The van der Waals surface area contributed by atoms with Crippen molar-refractivity contribution in [2.75, 3.05) is 14.2 Å². The van der Waals surface area contributed by atoms with Crippen LogP contribution in [0, 0.1) is 6.92 Å². The smallest absolute Gasteiger partial charge is 0.421 e. The lowest BCUT2D eigenvalue weighted by atomic mass is 10.5. The van der Waals surface area contributed by atoms with Crippen molar-refractivity contribution in [3.8, 4) is 5.88 Å². The molecule has 88 valence electrons. The molecule has 0 aliphatic carbocycles. The average molecular weight is 230 g/mol. The molecule has 0 aromatic carbocycles. The number of ether oxygens (including phenoxy) is 2. The topological polar surface area (TPSA) is 89.9 Å². The number of nitrogens with zero attached hydrogens (tertiary/aromatic N) is 1. The number of aromatic hydroxyl groups is 1. The van der Waals surface area contributed by atoms with Crippen LogP contribution in [0.3, 0.4) is 0 Å². The Hall–Kier alpha value is -2.05. The number of carbonyl (C=O) groups is 2. The van der Waals surface area contributed by atoms with Crippen LogP contribution in [0.25, 0.3) is 0 Å². The number of rotatable bonds is 3. The predicted octanol–water partition coefficient (Wildman–Crippen LogP) is -0.459. The summed E-state index contributed by atoms with van der Waals surface area (Å²) in [4.78, 5) is 22.2. The zero-order valence-electron chi connectivity index (χ0n) is 9.14. The SMILES string of the molecule is COC(=O)C[n+]1c(C)oc(C(=O)OC)c1O. The van der Waals surface area contributed by atoms with Gasteiger partial charge in [0.15, 0.2) is 0 Å². The van der Waals surface area contributed by atoms with Crippen molar-refractivity contribution < 1.29 is 33.2 Å². The molecule has 1 aromatic heterocycles. The molecule has 0 amide bonds. The lowest BCUT2D eigenvalue weighted by molar-refractivity contribution is -0.700. The third-order valence-corrected chi connectivity index (χ3v) is 1.97. The molecule has 0 saturated heterocycles. The maximum absolute atomic E-state index is 11.1. The summed E-state index contributed by atoms with van der Waals surface area (Å²) in [5.41, 5.74) is 0. The predicted molar refractivity (Wildman–Crippen MR) is 48.7 cm³/mol. The Morgan fingerprint density at radius 2 is 2.00 bits per heavy atom. The van der Waals surface area contributed by atoms with E-state index < -0.39 is 17.8 Å². The first-order valence-electron chi connectivity index (χ1n) is 4.38. The van der Waals surface area contributed by atoms with Crippen molar-refractivity contribution >= 4 is 11.9 Å². The first-order valence-corrected chi connectivity index (χ1v) is 4.38. The molecule has 7 heteroatoms. The lowest BCUT2D eigenvalue weighted by Crippen LogP contribution is -2.39. The van der Waals surface area contributed by atoms with E-state index in [1.165, 1.54) is 14.0 Å². The van der Waals surface area contributed by atoms with Gasteiger partial charge in [-0.25, -0.2) is 9.59 Å². The van der Waals surface area contributed by atoms with E-state index in [-0.39, 0.29) is 18.2 Å². The number of methoxy groups -OCH3 is 2. The first kappa shape index (κ1) is 12.0. The molecule has 0 atom stereocenters. The van der Waals surface area contributed by atoms with Crippen molar-refractivity contribution in [1.82, 2.24) is 0 Å². The maximum Gasteiger partial charge on any atom is 0.421 e. The Morgan fingerprint density at radius 3 is 2.50 bits per heavy atom. The summed E-state index contributed by atoms with van der Waals surface area (Å²) in [5, 5.41) is 9.62. The van der Waals surface area contributed by atoms with Crippen molar-refractivity contribution in [3.63, 3.8) is 0 Å². The Balaban J connectivity index is 3.07. The standard InChI is InChI=1S/C9H11NO6/c1-5-10(4-6(11)14-2)8(12)7(16-5)9(13)15-3/h4H2,1-3H3/p+1. The molecule has 0 fully saturated rings. The van der Waals surface area contributed by atoms with Gasteiger partial charge in [-0.15, -0.1) is 4.57 Å². The molecule has 1 rings (SSSR count). The number of hydrogen-bond acceptors (Lipinski definition) is 6. The first-order chi connectivity index (χ1) is 7.51. The van der Waals surface area contributed by atoms with E-state index in [0.717, 1.165) is 11.7 Å². The molecule has 0 unspecified atom stereocenters. The van der Waals surface area contributed by atoms with Gasteiger partial charge in [0.25, 0.3) is 6.54 Å². The maximum atomic E-state index is 11.1.